The van der Waals surface area contributed by atoms with Gasteiger partial charge in [-0.05, 0) is 13.3 Å². The Labute approximate surface area is 108 Å². The van der Waals surface area contributed by atoms with Crippen LogP contribution in [-0.2, 0) is 4.79 Å². The number of hydrogen-bond acceptors (Lipinski definition) is 5. The highest BCUT2D eigenvalue weighted by Gasteiger charge is 2.12. The van der Waals surface area contributed by atoms with Crippen LogP contribution in [0.1, 0.15) is 20.3 Å². The minimum atomic E-state index is -0.437. The van der Waals surface area contributed by atoms with Gasteiger partial charge < -0.3 is 20.4 Å². The van der Waals surface area contributed by atoms with E-state index in [1.54, 1.807) is 0 Å². The molecule has 0 bridgehead atoms. The first-order chi connectivity index (χ1) is 8.58. The minimum absolute atomic E-state index is 0.00150. The summed E-state index contributed by atoms with van der Waals surface area (Å²) in [6.45, 7) is 4.10. The molecule has 0 saturated carbocycles. The molecule has 1 unspecified atom stereocenters. The molecule has 0 spiro atoms. The number of hydrogen-bond donors (Lipinski definition) is 3. The van der Waals surface area contributed by atoms with Crippen LogP contribution in [0.4, 0.5) is 0 Å². The Morgan fingerprint density at radius 2 is 2.00 bits per heavy atom. The number of nitrogens with zero attached hydrogens (tertiary/aromatic N) is 2. The van der Waals surface area contributed by atoms with Crippen LogP contribution in [0.3, 0.4) is 0 Å². The Morgan fingerprint density at radius 1 is 1.44 bits per heavy atom. The largest absolute Gasteiger partial charge is 0.395 e. The van der Waals surface area contributed by atoms with Gasteiger partial charge in [0.1, 0.15) is 11.6 Å². The maximum absolute atomic E-state index is 11.7. The summed E-state index contributed by atoms with van der Waals surface area (Å²) in [7, 11) is 0. The van der Waals surface area contributed by atoms with Crippen molar-refractivity contribution in [2.75, 3.05) is 26.3 Å². The van der Waals surface area contributed by atoms with E-state index in [0.717, 1.165) is 6.42 Å². The van der Waals surface area contributed by atoms with Gasteiger partial charge in [0.15, 0.2) is 0 Å². The quantitative estimate of drug-likeness (QED) is 0.405. The van der Waals surface area contributed by atoms with Gasteiger partial charge in [-0.3, -0.25) is 4.79 Å². The molecule has 0 aromatic rings. The van der Waals surface area contributed by atoms with Gasteiger partial charge >= 0.3 is 0 Å². The summed E-state index contributed by atoms with van der Waals surface area (Å²) in [5, 5.41) is 29.3. The van der Waals surface area contributed by atoms with Crippen molar-refractivity contribution in [1.29, 1.82) is 5.26 Å². The van der Waals surface area contributed by atoms with Crippen molar-refractivity contribution in [2.24, 2.45) is 0 Å². The Balaban J connectivity index is 4.71. The molecule has 0 aliphatic rings. The number of aliphatic hydroxyl groups excluding tert-OH is 2. The predicted octanol–water partition coefficient (Wildman–Crippen LogP) is -0.405. The molecule has 3 N–H and O–H groups in total. The van der Waals surface area contributed by atoms with Gasteiger partial charge in [-0.25, -0.2) is 0 Å². The molecule has 0 rings (SSSR count). The summed E-state index contributed by atoms with van der Waals surface area (Å²) < 4.78 is 0. The lowest BCUT2D eigenvalue weighted by Crippen LogP contribution is -2.34. The van der Waals surface area contributed by atoms with Crippen molar-refractivity contribution < 1.29 is 15.0 Å². The SMILES string of the molecule is CCC(C)NC(=O)/C(C#N)=C\N(CCO)CCO. The van der Waals surface area contributed by atoms with Crippen LogP contribution in [0.2, 0.25) is 0 Å². The van der Waals surface area contributed by atoms with E-state index in [9.17, 15) is 4.79 Å². The molecular weight excluding hydrogens is 234 g/mol. The predicted molar refractivity (Wildman–Crippen MR) is 67.3 cm³/mol. The first-order valence-corrected chi connectivity index (χ1v) is 5.97. The molecule has 0 radical (unpaired) electrons. The van der Waals surface area contributed by atoms with E-state index in [0.29, 0.717) is 0 Å². The highest BCUT2D eigenvalue weighted by Crippen LogP contribution is 2.00. The van der Waals surface area contributed by atoms with Gasteiger partial charge in [0, 0.05) is 25.3 Å². The molecule has 0 aromatic carbocycles. The van der Waals surface area contributed by atoms with Crippen LogP contribution in [-0.4, -0.2) is 53.4 Å². The zero-order valence-corrected chi connectivity index (χ0v) is 10.9. The van der Waals surface area contributed by atoms with Crippen LogP contribution < -0.4 is 5.32 Å². The van der Waals surface area contributed by atoms with Crippen LogP contribution in [0.5, 0.6) is 0 Å². The van der Waals surface area contributed by atoms with E-state index < -0.39 is 5.91 Å². The monoisotopic (exact) mass is 255 g/mol. The van der Waals surface area contributed by atoms with E-state index in [2.05, 4.69) is 5.32 Å². The van der Waals surface area contributed by atoms with E-state index in [4.69, 9.17) is 15.5 Å². The molecule has 6 nitrogen and oxygen atoms in total. The molecule has 0 fully saturated rings. The molecule has 18 heavy (non-hydrogen) atoms. The first-order valence-electron chi connectivity index (χ1n) is 5.97. The molecule has 1 amide bonds. The van der Waals surface area contributed by atoms with Gasteiger partial charge in [0.05, 0.1) is 13.2 Å². The number of carbonyl (C=O) groups excluding carboxylic acids is 1. The number of amides is 1. The summed E-state index contributed by atoms with van der Waals surface area (Å²) in [6.07, 6.45) is 2.14. The molecular formula is C12H21N3O3. The maximum Gasteiger partial charge on any atom is 0.263 e. The van der Waals surface area contributed by atoms with Crippen molar-refractivity contribution in [3.63, 3.8) is 0 Å². The molecule has 0 heterocycles. The summed E-state index contributed by atoms with van der Waals surface area (Å²) in [5.74, 6) is -0.437. The Morgan fingerprint density at radius 3 is 2.39 bits per heavy atom. The van der Waals surface area contributed by atoms with Crippen molar-refractivity contribution in [3.05, 3.63) is 11.8 Å². The van der Waals surface area contributed by atoms with E-state index >= 15 is 0 Å². The number of carbonyl (C=O) groups is 1. The summed E-state index contributed by atoms with van der Waals surface area (Å²) in [6, 6.07) is 1.82. The van der Waals surface area contributed by atoms with E-state index in [-0.39, 0.29) is 37.9 Å². The fraction of sp³-hybridized carbons (Fsp3) is 0.667. The van der Waals surface area contributed by atoms with Crippen LogP contribution in [0, 0.1) is 11.3 Å². The summed E-state index contributed by atoms with van der Waals surface area (Å²) in [5.41, 5.74) is -0.0304. The van der Waals surface area contributed by atoms with Gasteiger partial charge in [0.2, 0.25) is 0 Å². The van der Waals surface area contributed by atoms with Gasteiger partial charge in [-0.15, -0.1) is 0 Å². The van der Waals surface area contributed by atoms with Crippen LogP contribution in [0.15, 0.2) is 11.8 Å². The zero-order valence-electron chi connectivity index (χ0n) is 10.9. The average molecular weight is 255 g/mol. The standard InChI is InChI=1S/C12H21N3O3/c1-3-10(2)14-12(18)11(8-13)9-15(4-6-16)5-7-17/h9-10,16-17H,3-7H2,1-2H3,(H,14,18)/b11-9-. The highest BCUT2D eigenvalue weighted by molar-refractivity contribution is 5.97. The van der Waals surface area contributed by atoms with Gasteiger partial charge in [-0.1, -0.05) is 6.92 Å². The number of aliphatic hydroxyl groups is 2. The molecule has 0 aliphatic carbocycles. The van der Waals surface area contributed by atoms with Crippen LogP contribution >= 0.6 is 0 Å². The topological polar surface area (TPSA) is 96.6 Å². The lowest BCUT2D eigenvalue weighted by Gasteiger charge is -2.18. The smallest absolute Gasteiger partial charge is 0.263 e. The number of rotatable bonds is 8. The van der Waals surface area contributed by atoms with Gasteiger partial charge in [-0.2, -0.15) is 5.26 Å². The Hall–Kier alpha value is -1.58. The van der Waals surface area contributed by atoms with Gasteiger partial charge in [0.25, 0.3) is 5.91 Å². The molecule has 0 aromatic heterocycles. The maximum atomic E-state index is 11.7. The van der Waals surface area contributed by atoms with Crippen molar-refractivity contribution >= 4 is 5.91 Å². The van der Waals surface area contributed by atoms with Crippen molar-refractivity contribution in [1.82, 2.24) is 10.2 Å². The molecule has 0 saturated heterocycles. The Bertz CT molecular complexity index is 317. The highest BCUT2D eigenvalue weighted by atomic mass is 16.3. The third-order valence-electron chi connectivity index (χ3n) is 2.44. The molecule has 6 heteroatoms. The van der Waals surface area contributed by atoms with Crippen LogP contribution in [0.25, 0.3) is 0 Å². The summed E-state index contributed by atoms with van der Waals surface area (Å²) >= 11 is 0. The number of nitriles is 1. The fourth-order valence-corrected chi connectivity index (χ4v) is 1.22. The van der Waals surface area contributed by atoms with Crippen molar-refractivity contribution in [3.8, 4) is 6.07 Å². The van der Waals surface area contributed by atoms with E-state index in [1.807, 2.05) is 19.9 Å². The number of nitrogens with one attached hydrogen (secondary N) is 1. The molecule has 102 valence electrons. The second-order valence-electron chi connectivity index (χ2n) is 3.92. The average Bonchev–Trinajstić information content (AvgIpc) is 2.35. The minimum Gasteiger partial charge on any atom is -0.395 e. The molecule has 0 aliphatic heterocycles. The lowest BCUT2D eigenvalue weighted by atomic mass is 10.2. The third kappa shape index (κ3) is 6.23. The fourth-order valence-electron chi connectivity index (χ4n) is 1.22. The summed E-state index contributed by atoms with van der Waals surface area (Å²) in [4.78, 5) is 13.3. The lowest BCUT2D eigenvalue weighted by molar-refractivity contribution is -0.117. The second-order valence-corrected chi connectivity index (χ2v) is 3.92. The normalized spacial score (nSPS) is 12.7. The second kappa shape index (κ2) is 9.45. The zero-order chi connectivity index (χ0) is 14.0. The first kappa shape index (κ1) is 16.4. The van der Waals surface area contributed by atoms with Crippen molar-refractivity contribution in [2.45, 2.75) is 26.3 Å². The Kier molecular flexibility index (Phi) is 8.62. The molecule has 1 atom stereocenters. The third-order valence-corrected chi connectivity index (χ3v) is 2.44. The van der Waals surface area contributed by atoms with E-state index in [1.165, 1.54) is 11.1 Å².